The van der Waals surface area contributed by atoms with Gasteiger partial charge in [0.25, 0.3) is 0 Å². The first-order chi connectivity index (χ1) is 8.76. The summed E-state index contributed by atoms with van der Waals surface area (Å²) in [5.41, 5.74) is 1.19. The molecule has 1 saturated heterocycles. The second-order valence-corrected chi connectivity index (χ2v) is 4.99. The average molecular weight is 256 g/mol. The van der Waals surface area contributed by atoms with Crippen molar-refractivity contribution in [1.29, 1.82) is 0 Å². The van der Waals surface area contributed by atoms with Crippen LogP contribution in [0.2, 0.25) is 0 Å². The van der Waals surface area contributed by atoms with E-state index in [4.69, 9.17) is 9.47 Å². The van der Waals surface area contributed by atoms with E-state index in [9.17, 15) is 0 Å². The summed E-state index contributed by atoms with van der Waals surface area (Å²) in [7, 11) is 3.89. The Bertz CT molecular complexity index is 236. The molecule has 18 heavy (non-hydrogen) atoms. The van der Waals surface area contributed by atoms with Gasteiger partial charge in [-0.25, -0.2) is 0 Å². The van der Waals surface area contributed by atoms with Crippen LogP contribution in [0, 0.1) is 5.92 Å². The van der Waals surface area contributed by atoms with Gasteiger partial charge in [0.1, 0.15) is 0 Å². The number of rotatable bonds is 8. The van der Waals surface area contributed by atoms with Gasteiger partial charge in [-0.1, -0.05) is 6.08 Å². The minimum Gasteiger partial charge on any atom is -0.386 e. The van der Waals surface area contributed by atoms with Crippen molar-refractivity contribution in [1.82, 2.24) is 10.2 Å². The fourth-order valence-electron chi connectivity index (χ4n) is 2.10. The number of likely N-dealkylation sites (tertiary alicyclic amines) is 1. The van der Waals surface area contributed by atoms with Crippen LogP contribution in [-0.2, 0) is 9.47 Å². The van der Waals surface area contributed by atoms with Crippen molar-refractivity contribution in [3.63, 3.8) is 0 Å². The second kappa shape index (κ2) is 9.36. The Labute approximate surface area is 111 Å². The molecule has 0 aromatic carbocycles. The molecule has 1 rings (SSSR count). The highest BCUT2D eigenvalue weighted by Crippen LogP contribution is 2.15. The van der Waals surface area contributed by atoms with Gasteiger partial charge in [0.2, 0.25) is 0 Å². The molecular formula is C14H28N2O2. The lowest BCUT2D eigenvalue weighted by atomic mass is 9.97. The van der Waals surface area contributed by atoms with Gasteiger partial charge in [0.15, 0.2) is 0 Å². The third-order valence-electron chi connectivity index (χ3n) is 3.49. The smallest absolute Gasteiger partial charge is 0.0860 e. The van der Waals surface area contributed by atoms with Crippen molar-refractivity contribution >= 4 is 0 Å². The molecule has 0 aromatic rings. The number of hydrogen-bond acceptors (Lipinski definition) is 4. The van der Waals surface area contributed by atoms with E-state index in [1.165, 1.54) is 31.6 Å². The fraction of sp³-hybridized carbons (Fsp3) is 0.857. The third kappa shape index (κ3) is 6.38. The van der Waals surface area contributed by atoms with E-state index in [0.717, 1.165) is 12.5 Å². The topological polar surface area (TPSA) is 33.7 Å². The lowest BCUT2D eigenvalue weighted by Gasteiger charge is -2.29. The molecule has 0 radical (unpaired) electrons. The lowest BCUT2D eigenvalue weighted by Crippen LogP contribution is -2.35. The zero-order valence-corrected chi connectivity index (χ0v) is 12.1. The number of methoxy groups -OCH3 is 1. The van der Waals surface area contributed by atoms with Crippen molar-refractivity contribution in [3.05, 3.63) is 11.8 Å². The molecule has 1 fully saturated rings. The quantitative estimate of drug-likeness (QED) is 0.667. The first kappa shape index (κ1) is 15.5. The Morgan fingerprint density at radius 2 is 2.06 bits per heavy atom. The van der Waals surface area contributed by atoms with E-state index >= 15 is 0 Å². The normalized spacial score (nSPS) is 19.2. The first-order valence-electron chi connectivity index (χ1n) is 6.90. The zero-order chi connectivity index (χ0) is 13.2. The molecule has 0 unspecified atom stereocenters. The summed E-state index contributed by atoms with van der Waals surface area (Å²) in [6.45, 7) is 7.55. The predicted octanol–water partition coefficient (Wildman–Crippen LogP) is 1.48. The Hall–Kier alpha value is -0.580. The number of piperidine rings is 1. The highest BCUT2D eigenvalue weighted by Gasteiger charge is 2.16. The molecule has 106 valence electrons. The Morgan fingerprint density at radius 3 is 2.67 bits per heavy atom. The van der Waals surface area contributed by atoms with Gasteiger partial charge in [0, 0.05) is 19.4 Å². The molecule has 4 nitrogen and oxygen atoms in total. The summed E-state index contributed by atoms with van der Waals surface area (Å²) < 4.78 is 10.5. The van der Waals surface area contributed by atoms with Crippen molar-refractivity contribution in [2.45, 2.75) is 19.8 Å². The Kier molecular flexibility index (Phi) is 8.05. The van der Waals surface area contributed by atoms with Crippen LogP contribution in [0.4, 0.5) is 0 Å². The molecule has 1 N–H and O–H groups in total. The van der Waals surface area contributed by atoms with Crippen LogP contribution in [0.3, 0.4) is 0 Å². The molecule has 1 aliphatic rings. The third-order valence-corrected chi connectivity index (χ3v) is 3.49. The van der Waals surface area contributed by atoms with Crippen molar-refractivity contribution < 1.29 is 9.47 Å². The summed E-state index contributed by atoms with van der Waals surface area (Å²) in [5, 5.41) is 3.51. The molecular weight excluding hydrogens is 228 g/mol. The Balaban J connectivity index is 2.11. The summed E-state index contributed by atoms with van der Waals surface area (Å²) in [4.78, 5) is 2.40. The minimum absolute atomic E-state index is 0.656. The van der Waals surface area contributed by atoms with Crippen LogP contribution in [0.1, 0.15) is 19.8 Å². The van der Waals surface area contributed by atoms with E-state index in [1.54, 1.807) is 7.11 Å². The standard InChI is InChI=1S/C14H28N2O2/c1-4-14(12-18-10-9-17-3)15-11-13-5-7-16(2)8-6-13/h4,13,15H,5-12H2,1-3H3/b14-4-. The Morgan fingerprint density at radius 1 is 1.33 bits per heavy atom. The second-order valence-electron chi connectivity index (χ2n) is 4.99. The van der Waals surface area contributed by atoms with Crippen LogP contribution >= 0.6 is 0 Å². The maximum Gasteiger partial charge on any atom is 0.0860 e. The number of nitrogens with one attached hydrogen (secondary N) is 1. The van der Waals surface area contributed by atoms with Crippen LogP contribution in [0.25, 0.3) is 0 Å². The predicted molar refractivity (Wildman–Crippen MR) is 74.7 cm³/mol. The van der Waals surface area contributed by atoms with E-state index in [2.05, 4.69) is 30.3 Å². The zero-order valence-electron chi connectivity index (χ0n) is 12.1. The average Bonchev–Trinajstić information content (AvgIpc) is 2.40. The molecule has 0 atom stereocenters. The highest BCUT2D eigenvalue weighted by molar-refractivity contribution is 4.98. The molecule has 0 aliphatic carbocycles. The van der Waals surface area contributed by atoms with Gasteiger partial charge in [0.05, 0.1) is 19.8 Å². The van der Waals surface area contributed by atoms with E-state index in [0.29, 0.717) is 19.8 Å². The largest absolute Gasteiger partial charge is 0.386 e. The fourth-order valence-corrected chi connectivity index (χ4v) is 2.10. The van der Waals surface area contributed by atoms with Crippen LogP contribution in [0.15, 0.2) is 11.8 Å². The summed E-state index contributed by atoms with van der Waals surface area (Å²) in [5.74, 6) is 0.801. The maximum absolute atomic E-state index is 5.52. The highest BCUT2D eigenvalue weighted by atomic mass is 16.5. The number of nitrogens with zero attached hydrogens (tertiary/aromatic N) is 1. The maximum atomic E-state index is 5.52. The van der Waals surface area contributed by atoms with E-state index < -0.39 is 0 Å². The molecule has 1 heterocycles. The number of hydrogen-bond donors (Lipinski definition) is 1. The van der Waals surface area contributed by atoms with Gasteiger partial charge in [-0.05, 0) is 45.8 Å². The number of ether oxygens (including phenoxy) is 2. The molecule has 0 saturated carbocycles. The van der Waals surface area contributed by atoms with Crippen molar-refractivity contribution in [2.75, 3.05) is 53.6 Å². The summed E-state index contributed by atoms with van der Waals surface area (Å²) >= 11 is 0. The van der Waals surface area contributed by atoms with Crippen LogP contribution < -0.4 is 5.32 Å². The van der Waals surface area contributed by atoms with E-state index in [-0.39, 0.29) is 0 Å². The van der Waals surface area contributed by atoms with Crippen molar-refractivity contribution in [2.24, 2.45) is 5.92 Å². The number of allylic oxidation sites excluding steroid dienone is 1. The molecule has 1 aliphatic heterocycles. The van der Waals surface area contributed by atoms with Gasteiger partial charge < -0.3 is 19.7 Å². The molecule has 0 spiro atoms. The van der Waals surface area contributed by atoms with Gasteiger partial charge >= 0.3 is 0 Å². The van der Waals surface area contributed by atoms with Gasteiger partial charge in [-0.15, -0.1) is 0 Å². The van der Waals surface area contributed by atoms with Crippen LogP contribution in [-0.4, -0.2) is 58.5 Å². The van der Waals surface area contributed by atoms with Gasteiger partial charge in [-0.2, -0.15) is 0 Å². The lowest BCUT2D eigenvalue weighted by molar-refractivity contribution is 0.0799. The van der Waals surface area contributed by atoms with Crippen LogP contribution in [0.5, 0.6) is 0 Å². The van der Waals surface area contributed by atoms with Crippen molar-refractivity contribution in [3.8, 4) is 0 Å². The molecule has 0 aromatic heterocycles. The van der Waals surface area contributed by atoms with E-state index in [1.807, 2.05) is 0 Å². The minimum atomic E-state index is 0.656. The molecule has 4 heteroatoms. The first-order valence-corrected chi connectivity index (χ1v) is 6.90. The van der Waals surface area contributed by atoms with Gasteiger partial charge in [-0.3, -0.25) is 0 Å². The monoisotopic (exact) mass is 256 g/mol. The molecule has 0 bridgehead atoms. The summed E-state index contributed by atoms with van der Waals surface area (Å²) in [6.07, 6.45) is 4.69. The summed E-state index contributed by atoms with van der Waals surface area (Å²) in [6, 6.07) is 0. The molecule has 0 amide bonds. The SMILES string of the molecule is C/C=C(/COCCOC)NCC1CCN(C)CC1.